The van der Waals surface area contributed by atoms with Gasteiger partial charge in [0, 0.05) is 26.2 Å². The fraction of sp³-hybridized carbons (Fsp3) is 0.619. The van der Waals surface area contributed by atoms with Crippen molar-refractivity contribution in [1.29, 1.82) is 0 Å². The summed E-state index contributed by atoms with van der Waals surface area (Å²) in [4.78, 5) is 28.5. The maximum absolute atomic E-state index is 12.6. The van der Waals surface area contributed by atoms with Gasteiger partial charge in [-0.05, 0) is 56.3 Å². The molecule has 1 heterocycles. The second-order valence-corrected chi connectivity index (χ2v) is 7.54. The van der Waals surface area contributed by atoms with Gasteiger partial charge in [0.1, 0.15) is 5.75 Å². The van der Waals surface area contributed by atoms with Gasteiger partial charge >= 0.3 is 0 Å². The van der Waals surface area contributed by atoms with Crippen LogP contribution in [0.15, 0.2) is 24.3 Å². The Morgan fingerprint density at radius 1 is 1.11 bits per heavy atom. The summed E-state index contributed by atoms with van der Waals surface area (Å²) in [5, 5.41) is 3.24. The van der Waals surface area contributed by atoms with Crippen LogP contribution < -0.4 is 10.1 Å². The molecule has 1 saturated carbocycles. The third kappa shape index (κ3) is 6.38. The SMILES string of the molecule is CCc1ccc(OC(C)C(=O)N2CCN(C(=O)CNCC3CC3)CC2)cc1.Cl. The highest BCUT2D eigenvalue weighted by molar-refractivity contribution is 5.85. The molecular weight excluding hydrogens is 378 g/mol. The van der Waals surface area contributed by atoms with E-state index in [4.69, 9.17) is 4.74 Å². The molecular formula is C21H32ClN3O3. The molecule has 0 radical (unpaired) electrons. The number of piperazine rings is 1. The summed E-state index contributed by atoms with van der Waals surface area (Å²) in [6.07, 6.45) is 3.02. The predicted molar refractivity (Wildman–Crippen MR) is 112 cm³/mol. The average molecular weight is 410 g/mol. The molecule has 0 spiro atoms. The van der Waals surface area contributed by atoms with Gasteiger partial charge in [-0.25, -0.2) is 0 Å². The van der Waals surface area contributed by atoms with E-state index in [2.05, 4.69) is 12.2 Å². The lowest BCUT2D eigenvalue weighted by molar-refractivity contribution is -0.143. The van der Waals surface area contributed by atoms with Gasteiger partial charge < -0.3 is 19.9 Å². The summed E-state index contributed by atoms with van der Waals surface area (Å²) < 4.78 is 5.80. The van der Waals surface area contributed by atoms with Gasteiger partial charge in [0.05, 0.1) is 6.54 Å². The minimum atomic E-state index is -0.528. The lowest BCUT2D eigenvalue weighted by Gasteiger charge is -2.36. The first-order chi connectivity index (χ1) is 13.1. The first kappa shape index (κ1) is 22.5. The van der Waals surface area contributed by atoms with E-state index >= 15 is 0 Å². The van der Waals surface area contributed by atoms with Crippen molar-refractivity contribution in [2.75, 3.05) is 39.3 Å². The van der Waals surface area contributed by atoms with E-state index in [1.807, 2.05) is 29.2 Å². The van der Waals surface area contributed by atoms with E-state index in [0.29, 0.717) is 38.5 Å². The number of nitrogens with one attached hydrogen (secondary N) is 1. The van der Waals surface area contributed by atoms with Crippen molar-refractivity contribution >= 4 is 24.2 Å². The van der Waals surface area contributed by atoms with Crippen LogP contribution in [-0.4, -0.2) is 67.0 Å². The van der Waals surface area contributed by atoms with Crippen LogP contribution in [0, 0.1) is 5.92 Å². The minimum absolute atomic E-state index is 0. The lowest BCUT2D eigenvalue weighted by atomic mass is 10.2. The number of ether oxygens (including phenoxy) is 1. The van der Waals surface area contributed by atoms with Crippen molar-refractivity contribution in [2.45, 2.75) is 39.2 Å². The van der Waals surface area contributed by atoms with Crippen LogP contribution in [0.3, 0.4) is 0 Å². The molecule has 3 rings (SSSR count). The standard InChI is InChI=1S/C21H31N3O3.ClH/c1-3-17-6-8-19(9-7-17)27-16(2)21(26)24-12-10-23(11-13-24)20(25)15-22-14-18-4-5-18;/h6-9,16,18,22H,3-5,10-15H2,1-2H3;1H. The second kappa shape index (κ2) is 10.7. The van der Waals surface area contributed by atoms with Crippen LogP contribution in [0.4, 0.5) is 0 Å². The zero-order valence-corrected chi connectivity index (χ0v) is 17.7. The van der Waals surface area contributed by atoms with E-state index in [1.165, 1.54) is 18.4 Å². The molecule has 1 N–H and O–H groups in total. The van der Waals surface area contributed by atoms with E-state index in [1.54, 1.807) is 11.8 Å². The molecule has 1 aromatic carbocycles. The monoisotopic (exact) mass is 409 g/mol. The summed E-state index contributed by atoms with van der Waals surface area (Å²) in [6, 6.07) is 7.87. The topological polar surface area (TPSA) is 61.9 Å². The Hall–Kier alpha value is -1.79. The highest BCUT2D eigenvalue weighted by atomic mass is 35.5. The number of rotatable bonds is 8. The molecule has 1 aromatic rings. The fourth-order valence-corrected chi connectivity index (χ4v) is 3.31. The van der Waals surface area contributed by atoms with Crippen LogP contribution in [0.1, 0.15) is 32.3 Å². The molecule has 1 aliphatic heterocycles. The summed E-state index contributed by atoms with van der Waals surface area (Å²) in [6.45, 7) is 7.55. The van der Waals surface area contributed by atoms with Gasteiger partial charge in [-0.1, -0.05) is 19.1 Å². The van der Waals surface area contributed by atoms with Gasteiger partial charge in [0.2, 0.25) is 5.91 Å². The highest BCUT2D eigenvalue weighted by Crippen LogP contribution is 2.27. The maximum atomic E-state index is 12.6. The van der Waals surface area contributed by atoms with Crippen molar-refractivity contribution in [3.8, 4) is 5.75 Å². The van der Waals surface area contributed by atoms with Crippen molar-refractivity contribution in [3.63, 3.8) is 0 Å². The van der Waals surface area contributed by atoms with Crippen molar-refractivity contribution < 1.29 is 14.3 Å². The molecule has 1 aliphatic carbocycles. The Bertz CT molecular complexity index is 641. The highest BCUT2D eigenvalue weighted by Gasteiger charge is 2.28. The summed E-state index contributed by atoms with van der Waals surface area (Å²) in [5.74, 6) is 1.59. The van der Waals surface area contributed by atoms with Crippen LogP contribution in [0.2, 0.25) is 0 Å². The maximum Gasteiger partial charge on any atom is 0.263 e. The number of carbonyl (C=O) groups is 2. The number of benzene rings is 1. The molecule has 28 heavy (non-hydrogen) atoms. The van der Waals surface area contributed by atoms with Gasteiger partial charge in [-0.2, -0.15) is 0 Å². The normalized spacial score (nSPS) is 17.6. The van der Waals surface area contributed by atoms with E-state index in [-0.39, 0.29) is 24.2 Å². The minimum Gasteiger partial charge on any atom is -0.481 e. The number of hydrogen-bond acceptors (Lipinski definition) is 4. The van der Waals surface area contributed by atoms with E-state index in [0.717, 1.165) is 18.9 Å². The summed E-state index contributed by atoms with van der Waals surface area (Å²) >= 11 is 0. The fourth-order valence-electron chi connectivity index (χ4n) is 3.31. The largest absolute Gasteiger partial charge is 0.481 e. The Morgan fingerprint density at radius 2 is 1.71 bits per heavy atom. The number of nitrogens with zero attached hydrogens (tertiary/aromatic N) is 2. The zero-order valence-electron chi connectivity index (χ0n) is 16.9. The third-order valence-electron chi connectivity index (χ3n) is 5.34. The lowest BCUT2D eigenvalue weighted by Crippen LogP contribution is -2.54. The van der Waals surface area contributed by atoms with Crippen LogP contribution in [-0.2, 0) is 16.0 Å². The summed E-state index contributed by atoms with van der Waals surface area (Å²) in [7, 11) is 0. The van der Waals surface area contributed by atoms with Gasteiger partial charge in [-0.15, -0.1) is 12.4 Å². The average Bonchev–Trinajstić information content (AvgIpc) is 3.52. The van der Waals surface area contributed by atoms with Crippen molar-refractivity contribution in [2.24, 2.45) is 5.92 Å². The van der Waals surface area contributed by atoms with E-state index < -0.39 is 6.10 Å². The first-order valence-corrected chi connectivity index (χ1v) is 10.1. The molecule has 2 fully saturated rings. The molecule has 1 saturated heterocycles. The molecule has 1 atom stereocenters. The van der Waals surface area contributed by atoms with Crippen LogP contribution in [0.5, 0.6) is 5.75 Å². The third-order valence-corrected chi connectivity index (χ3v) is 5.34. The molecule has 6 nitrogen and oxygen atoms in total. The smallest absolute Gasteiger partial charge is 0.263 e. The van der Waals surface area contributed by atoms with E-state index in [9.17, 15) is 9.59 Å². The molecule has 1 unspecified atom stereocenters. The second-order valence-electron chi connectivity index (χ2n) is 7.54. The molecule has 0 aromatic heterocycles. The first-order valence-electron chi connectivity index (χ1n) is 10.1. The number of carbonyl (C=O) groups excluding carboxylic acids is 2. The molecule has 0 bridgehead atoms. The Morgan fingerprint density at radius 3 is 2.29 bits per heavy atom. The predicted octanol–water partition coefficient (Wildman–Crippen LogP) is 2.11. The zero-order chi connectivity index (χ0) is 19.2. The number of aryl methyl sites for hydroxylation is 1. The van der Waals surface area contributed by atoms with Gasteiger partial charge in [0.15, 0.2) is 6.10 Å². The van der Waals surface area contributed by atoms with Crippen molar-refractivity contribution in [1.82, 2.24) is 15.1 Å². The number of hydrogen-bond donors (Lipinski definition) is 1. The Labute approximate surface area is 174 Å². The van der Waals surface area contributed by atoms with Crippen LogP contribution in [0.25, 0.3) is 0 Å². The molecule has 2 aliphatic rings. The van der Waals surface area contributed by atoms with Gasteiger partial charge in [-0.3, -0.25) is 9.59 Å². The Kier molecular flexibility index (Phi) is 8.58. The number of halogens is 1. The molecule has 7 heteroatoms. The number of amides is 2. The quantitative estimate of drug-likeness (QED) is 0.714. The van der Waals surface area contributed by atoms with Crippen molar-refractivity contribution in [3.05, 3.63) is 29.8 Å². The van der Waals surface area contributed by atoms with Crippen LogP contribution >= 0.6 is 12.4 Å². The Balaban J connectivity index is 0.00000280. The molecule has 156 valence electrons. The van der Waals surface area contributed by atoms with Gasteiger partial charge in [0.25, 0.3) is 5.91 Å². The molecule has 2 amide bonds. The summed E-state index contributed by atoms with van der Waals surface area (Å²) in [5.41, 5.74) is 1.24.